The molecular weight excluding hydrogens is 523 g/mol. The Morgan fingerprint density at radius 1 is 1.10 bits per heavy atom. The van der Waals surface area contributed by atoms with Crippen LogP contribution in [0.25, 0.3) is 0 Å². The summed E-state index contributed by atoms with van der Waals surface area (Å²) in [5, 5.41) is 29.4. The Hall–Kier alpha value is -3.23. The number of aromatic hydroxyl groups is 2. The summed E-state index contributed by atoms with van der Waals surface area (Å²) in [4.78, 5) is 14.1. The molecule has 0 bridgehead atoms. The molecule has 0 radical (unpaired) electrons. The number of carboxylic acids is 1. The van der Waals surface area contributed by atoms with E-state index in [0.29, 0.717) is 23.8 Å². The minimum Gasteiger partial charge on any atom is -0.494 e. The lowest BCUT2D eigenvalue weighted by atomic mass is 9.88. The lowest BCUT2D eigenvalue weighted by Crippen LogP contribution is -2.35. The summed E-state index contributed by atoms with van der Waals surface area (Å²) >= 11 is 5.93. The summed E-state index contributed by atoms with van der Waals surface area (Å²) in [5.74, 6) is -0.414. The quantitative estimate of drug-likeness (QED) is 0.229. The Labute approximate surface area is 233 Å². The van der Waals surface area contributed by atoms with Gasteiger partial charge >= 0.3 is 5.97 Å². The summed E-state index contributed by atoms with van der Waals surface area (Å²) in [5.41, 5.74) is 2.52. The van der Waals surface area contributed by atoms with Gasteiger partial charge in [0.25, 0.3) is 0 Å². The van der Waals surface area contributed by atoms with Gasteiger partial charge in [0.15, 0.2) is 11.8 Å². The SMILES string of the molecule is Cc1cc(CN(CC2CCCCC2)C(CC(=O)O)c2ccc(Cl)c(F)c2)ccc1OCCn1c(O)ccc1O. The number of rotatable bonds is 12. The number of hydrogen-bond donors (Lipinski definition) is 3. The van der Waals surface area contributed by atoms with Gasteiger partial charge in [0.1, 0.15) is 18.2 Å². The molecule has 9 heteroatoms. The maximum absolute atomic E-state index is 14.4. The van der Waals surface area contributed by atoms with E-state index in [1.54, 1.807) is 6.07 Å². The maximum Gasteiger partial charge on any atom is 0.305 e. The Morgan fingerprint density at radius 2 is 1.82 bits per heavy atom. The van der Waals surface area contributed by atoms with Crippen LogP contribution in [-0.4, -0.2) is 43.9 Å². The fourth-order valence-electron chi connectivity index (χ4n) is 5.47. The van der Waals surface area contributed by atoms with Gasteiger partial charge in [0, 0.05) is 31.3 Å². The van der Waals surface area contributed by atoms with Gasteiger partial charge in [-0.3, -0.25) is 14.3 Å². The van der Waals surface area contributed by atoms with Crippen LogP contribution in [0.3, 0.4) is 0 Å². The largest absolute Gasteiger partial charge is 0.494 e. The Kier molecular flexibility index (Phi) is 9.75. The average Bonchev–Trinajstić information content (AvgIpc) is 3.22. The van der Waals surface area contributed by atoms with Gasteiger partial charge in [-0.15, -0.1) is 0 Å². The standard InChI is InChI=1S/C30H36ClFN2O5/c1-20-15-22(7-10-27(20)39-14-13-34-28(35)11-12-29(34)36)19-33(18-21-5-3-2-4-6-21)26(17-30(37)38)23-8-9-24(31)25(32)16-23/h7-12,15-16,21,26,35-36H,2-6,13-14,17-19H2,1H3,(H,37,38). The first kappa shape index (κ1) is 28.8. The van der Waals surface area contributed by atoms with E-state index in [9.17, 15) is 24.5 Å². The van der Waals surface area contributed by atoms with Crippen LogP contribution >= 0.6 is 11.6 Å². The molecule has 0 spiro atoms. The zero-order chi connectivity index (χ0) is 27.9. The molecule has 0 saturated heterocycles. The van der Waals surface area contributed by atoms with Crippen LogP contribution in [0.2, 0.25) is 5.02 Å². The molecule has 1 aliphatic carbocycles. The molecule has 3 aromatic rings. The van der Waals surface area contributed by atoms with Crippen molar-refractivity contribution in [2.75, 3.05) is 13.2 Å². The lowest BCUT2D eigenvalue weighted by Gasteiger charge is -2.35. The van der Waals surface area contributed by atoms with Crippen LogP contribution in [0.1, 0.15) is 61.3 Å². The molecule has 3 N–H and O–H groups in total. The molecule has 1 fully saturated rings. The predicted octanol–water partition coefficient (Wildman–Crippen LogP) is 6.68. The molecule has 210 valence electrons. The van der Waals surface area contributed by atoms with E-state index in [0.717, 1.165) is 30.5 Å². The van der Waals surface area contributed by atoms with E-state index in [4.69, 9.17) is 16.3 Å². The van der Waals surface area contributed by atoms with Crippen LogP contribution in [0.4, 0.5) is 4.39 Å². The highest BCUT2D eigenvalue weighted by Crippen LogP contribution is 2.33. The molecule has 7 nitrogen and oxygen atoms in total. The highest BCUT2D eigenvalue weighted by Gasteiger charge is 2.27. The van der Waals surface area contributed by atoms with Crippen molar-refractivity contribution in [2.45, 2.75) is 64.6 Å². The topological polar surface area (TPSA) is 95.2 Å². The van der Waals surface area contributed by atoms with Gasteiger partial charge in [0.05, 0.1) is 18.0 Å². The second kappa shape index (κ2) is 13.2. The van der Waals surface area contributed by atoms with Gasteiger partial charge in [0.2, 0.25) is 0 Å². The summed E-state index contributed by atoms with van der Waals surface area (Å²) in [7, 11) is 0. The third kappa shape index (κ3) is 7.67. The first-order valence-corrected chi connectivity index (χ1v) is 13.8. The van der Waals surface area contributed by atoms with Gasteiger partial charge in [-0.05, 0) is 60.6 Å². The molecular formula is C30H36ClFN2O5. The summed E-state index contributed by atoms with van der Waals surface area (Å²) in [6.07, 6.45) is 5.62. The molecule has 1 atom stereocenters. The molecule has 1 unspecified atom stereocenters. The number of halogens is 2. The van der Waals surface area contributed by atoms with E-state index in [1.165, 1.54) is 48.1 Å². The van der Waals surface area contributed by atoms with Crippen molar-refractivity contribution >= 4 is 17.6 Å². The van der Waals surface area contributed by atoms with Crippen LogP contribution in [-0.2, 0) is 17.9 Å². The number of ether oxygens (including phenoxy) is 1. The number of hydrogen-bond acceptors (Lipinski definition) is 5. The van der Waals surface area contributed by atoms with E-state index in [2.05, 4.69) is 4.90 Å². The fourth-order valence-corrected chi connectivity index (χ4v) is 5.59. The zero-order valence-electron chi connectivity index (χ0n) is 22.2. The van der Waals surface area contributed by atoms with E-state index >= 15 is 0 Å². The Bertz CT molecular complexity index is 1250. The summed E-state index contributed by atoms with van der Waals surface area (Å²) in [6, 6.07) is 12.8. The molecule has 2 aromatic carbocycles. The van der Waals surface area contributed by atoms with Gasteiger partial charge in [-0.1, -0.05) is 49.1 Å². The molecule has 0 aliphatic heterocycles. The number of nitrogens with zero attached hydrogens (tertiary/aromatic N) is 2. The van der Waals surface area contributed by atoms with E-state index < -0.39 is 17.8 Å². The number of aliphatic carboxylic acids is 1. The van der Waals surface area contributed by atoms with Crippen molar-refractivity contribution in [3.05, 3.63) is 76.1 Å². The van der Waals surface area contributed by atoms with Crippen molar-refractivity contribution < 1.29 is 29.2 Å². The van der Waals surface area contributed by atoms with Crippen LogP contribution < -0.4 is 4.74 Å². The summed E-state index contributed by atoms with van der Waals surface area (Å²) < 4.78 is 21.7. The average molecular weight is 559 g/mol. The molecule has 1 saturated carbocycles. The van der Waals surface area contributed by atoms with E-state index in [1.807, 2.05) is 25.1 Å². The summed E-state index contributed by atoms with van der Waals surface area (Å²) in [6.45, 7) is 3.72. The normalized spacial score (nSPS) is 15.0. The smallest absolute Gasteiger partial charge is 0.305 e. The molecule has 39 heavy (non-hydrogen) atoms. The molecule has 4 rings (SSSR count). The minimum atomic E-state index is -0.941. The van der Waals surface area contributed by atoms with Gasteiger partial charge in [-0.2, -0.15) is 0 Å². The highest BCUT2D eigenvalue weighted by atomic mass is 35.5. The monoisotopic (exact) mass is 558 g/mol. The van der Waals surface area contributed by atoms with Gasteiger partial charge in [-0.25, -0.2) is 4.39 Å². The molecule has 1 aliphatic rings. The number of carbonyl (C=O) groups is 1. The van der Waals surface area contributed by atoms with Crippen LogP contribution in [0.15, 0.2) is 48.5 Å². The highest BCUT2D eigenvalue weighted by molar-refractivity contribution is 6.30. The van der Waals surface area contributed by atoms with Crippen LogP contribution in [0, 0.1) is 18.7 Å². The zero-order valence-corrected chi connectivity index (χ0v) is 22.9. The van der Waals surface area contributed by atoms with Crippen molar-refractivity contribution in [3.63, 3.8) is 0 Å². The molecule has 0 amide bonds. The number of aromatic nitrogens is 1. The molecule has 1 aromatic heterocycles. The number of aryl methyl sites for hydroxylation is 1. The first-order valence-electron chi connectivity index (χ1n) is 13.4. The number of carboxylic acid groups (broad SMARTS) is 1. The maximum atomic E-state index is 14.4. The van der Waals surface area contributed by atoms with Crippen LogP contribution in [0.5, 0.6) is 17.5 Å². The molecule has 1 heterocycles. The van der Waals surface area contributed by atoms with Gasteiger partial charge < -0.3 is 20.1 Å². The Balaban J connectivity index is 1.53. The second-order valence-electron chi connectivity index (χ2n) is 10.4. The Morgan fingerprint density at radius 3 is 2.46 bits per heavy atom. The third-order valence-electron chi connectivity index (χ3n) is 7.49. The first-order chi connectivity index (χ1) is 18.7. The second-order valence-corrected chi connectivity index (χ2v) is 10.8. The van der Waals surface area contributed by atoms with Crippen molar-refractivity contribution in [2.24, 2.45) is 5.92 Å². The van der Waals surface area contributed by atoms with Crippen molar-refractivity contribution in [1.82, 2.24) is 9.47 Å². The fraction of sp³-hybridized carbons (Fsp3) is 0.433. The third-order valence-corrected chi connectivity index (χ3v) is 7.79. The predicted molar refractivity (Wildman–Crippen MR) is 148 cm³/mol. The minimum absolute atomic E-state index is 0.0140. The van der Waals surface area contributed by atoms with Crippen molar-refractivity contribution in [3.8, 4) is 17.5 Å². The van der Waals surface area contributed by atoms with Crippen molar-refractivity contribution in [1.29, 1.82) is 0 Å². The lowest BCUT2D eigenvalue weighted by molar-refractivity contribution is -0.138. The van der Waals surface area contributed by atoms with E-state index in [-0.39, 0.29) is 36.4 Å². The number of benzene rings is 2.